The fraction of sp³-hybridized carbons (Fsp3) is 0.611. The van der Waals surface area contributed by atoms with Crippen LogP contribution in [0.4, 0.5) is 13.2 Å². The summed E-state index contributed by atoms with van der Waals surface area (Å²) in [6.45, 7) is 1.08. The minimum Gasteiger partial charge on any atom is -0.378 e. The molecule has 6 heteroatoms. The van der Waals surface area contributed by atoms with Gasteiger partial charge < -0.3 is 10.1 Å². The van der Waals surface area contributed by atoms with Crippen LogP contribution >= 0.6 is 0 Å². The molecule has 1 aromatic carbocycles. The number of benzene rings is 1. The van der Waals surface area contributed by atoms with Crippen molar-refractivity contribution in [2.75, 3.05) is 13.2 Å². The van der Waals surface area contributed by atoms with Gasteiger partial charge in [-0.15, -0.1) is 0 Å². The second-order valence-corrected chi connectivity index (χ2v) is 6.21. The maximum atomic E-state index is 12.6. The highest BCUT2D eigenvalue weighted by atomic mass is 19.4. The van der Waals surface area contributed by atoms with Crippen molar-refractivity contribution in [3.63, 3.8) is 0 Å². The maximum Gasteiger partial charge on any atom is 0.416 e. The number of carbonyl (C=O) groups is 1. The highest BCUT2D eigenvalue weighted by molar-refractivity contribution is 5.78. The third kappa shape index (κ3) is 6.51. The van der Waals surface area contributed by atoms with Gasteiger partial charge in [0.2, 0.25) is 5.91 Å². The Bertz CT molecular complexity index is 525. The van der Waals surface area contributed by atoms with E-state index in [0.29, 0.717) is 31.2 Å². The number of halogens is 3. The first-order chi connectivity index (χ1) is 11.4. The highest BCUT2D eigenvalue weighted by Gasteiger charge is 2.30. The van der Waals surface area contributed by atoms with Gasteiger partial charge in [0, 0.05) is 13.2 Å². The predicted octanol–water partition coefficient (Wildman–Crippen LogP) is 4.10. The van der Waals surface area contributed by atoms with E-state index in [2.05, 4.69) is 5.32 Å². The molecule has 3 nitrogen and oxygen atoms in total. The minimum atomic E-state index is -4.39. The van der Waals surface area contributed by atoms with Crippen LogP contribution in [-0.2, 0) is 22.1 Å². The molecule has 0 bridgehead atoms. The van der Waals surface area contributed by atoms with E-state index in [1.807, 2.05) is 0 Å². The largest absolute Gasteiger partial charge is 0.416 e. The quantitative estimate of drug-likeness (QED) is 0.757. The number of carbonyl (C=O) groups excluding carboxylic acids is 1. The minimum absolute atomic E-state index is 0.0482. The van der Waals surface area contributed by atoms with E-state index in [1.165, 1.54) is 31.4 Å². The average molecular weight is 343 g/mol. The third-order valence-corrected chi connectivity index (χ3v) is 4.17. The first kappa shape index (κ1) is 18.8. The van der Waals surface area contributed by atoms with Gasteiger partial charge in [0.05, 0.1) is 18.1 Å². The van der Waals surface area contributed by atoms with Gasteiger partial charge in [0.25, 0.3) is 0 Å². The van der Waals surface area contributed by atoms with Crippen molar-refractivity contribution in [3.8, 4) is 0 Å². The summed E-state index contributed by atoms with van der Waals surface area (Å²) in [6.07, 6.45) is 2.58. The number of ether oxygens (including phenoxy) is 1. The summed E-state index contributed by atoms with van der Waals surface area (Å²) < 4.78 is 43.7. The lowest BCUT2D eigenvalue weighted by molar-refractivity contribution is -0.137. The molecule has 0 radical (unpaired) electrons. The topological polar surface area (TPSA) is 38.3 Å². The molecule has 1 saturated carbocycles. The number of nitrogens with one attached hydrogen (secondary N) is 1. The zero-order valence-electron chi connectivity index (χ0n) is 13.7. The molecule has 1 fully saturated rings. The van der Waals surface area contributed by atoms with E-state index in [-0.39, 0.29) is 12.3 Å². The first-order valence-corrected chi connectivity index (χ1v) is 8.49. The van der Waals surface area contributed by atoms with Crippen molar-refractivity contribution < 1.29 is 22.7 Å². The number of alkyl halides is 3. The van der Waals surface area contributed by atoms with Gasteiger partial charge in [-0.05, 0) is 30.9 Å². The molecule has 1 N–H and O–H groups in total. The van der Waals surface area contributed by atoms with Crippen LogP contribution in [0.25, 0.3) is 0 Å². The molecule has 0 heterocycles. The molecule has 2 rings (SSSR count). The molecule has 1 aliphatic carbocycles. The molecule has 1 aliphatic rings. The van der Waals surface area contributed by atoms with Crippen LogP contribution in [-0.4, -0.2) is 25.2 Å². The number of amides is 1. The Morgan fingerprint density at radius 3 is 2.67 bits per heavy atom. The van der Waals surface area contributed by atoms with E-state index in [1.54, 1.807) is 0 Å². The Morgan fingerprint density at radius 2 is 1.96 bits per heavy atom. The Balaban J connectivity index is 1.64. The molecule has 0 aliphatic heterocycles. The predicted molar refractivity (Wildman–Crippen MR) is 85.6 cm³/mol. The molecule has 0 saturated heterocycles. The van der Waals surface area contributed by atoms with Crippen LogP contribution in [0.5, 0.6) is 0 Å². The fourth-order valence-corrected chi connectivity index (χ4v) is 2.89. The Hall–Kier alpha value is -1.56. The average Bonchev–Trinajstić information content (AvgIpc) is 2.55. The van der Waals surface area contributed by atoms with Crippen LogP contribution in [0.15, 0.2) is 24.3 Å². The number of hydrogen-bond donors (Lipinski definition) is 1. The summed E-state index contributed by atoms with van der Waals surface area (Å²) in [5, 5.41) is 2.73. The fourth-order valence-electron chi connectivity index (χ4n) is 2.89. The third-order valence-electron chi connectivity index (χ3n) is 4.17. The van der Waals surface area contributed by atoms with Crippen molar-refractivity contribution in [1.82, 2.24) is 5.32 Å². The second kappa shape index (κ2) is 9.06. The standard InChI is InChI=1S/C18H24F3NO2/c19-18(20,21)15-7-4-6-14(12-15)13-17(23)22-10-5-11-24-16-8-2-1-3-9-16/h4,6-7,12,16H,1-3,5,8-11,13H2,(H,22,23). The van der Waals surface area contributed by atoms with Gasteiger partial charge in [-0.3, -0.25) is 4.79 Å². The van der Waals surface area contributed by atoms with Gasteiger partial charge in [0.15, 0.2) is 0 Å². The molecule has 0 atom stereocenters. The van der Waals surface area contributed by atoms with Crippen LogP contribution in [0.2, 0.25) is 0 Å². The van der Waals surface area contributed by atoms with Gasteiger partial charge in [-0.2, -0.15) is 13.2 Å². The van der Waals surface area contributed by atoms with Gasteiger partial charge >= 0.3 is 6.18 Å². The zero-order valence-corrected chi connectivity index (χ0v) is 13.7. The summed E-state index contributed by atoms with van der Waals surface area (Å²) >= 11 is 0. The summed E-state index contributed by atoms with van der Waals surface area (Å²) in [4.78, 5) is 11.8. The first-order valence-electron chi connectivity index (χ1n) is 8.49. The lowest BCUT2D eigenvalue weighted by atomic mass is 9.98. The summed E-state index contributed by atoms with van der Waals surface area (Å²) in [6, 6.07) is 4.88. The molecule has 0 unspecified atom stereocenters. The molecule has 1 amide bonds. The lowest BCUT2D eigenvalue weighted by Crippen LogP contribution is -2.27. The normalized spacial score (nSPS) is 16.1. The van der Waals surface area contributed by atoms with Crippen molar-refractivity contribution in [2.45, 2.75) is 57.2 Å². The maximum absolute atomic E-state index is 12.6. The Labute approximate surface area is 140 Å². The summed E-state index contributed by atoms with van der Waals surface area (Å²) in [7, 11) is 0. The van der Waals surface area contributed by atoms with Crippen molar-refractivity contribution in [3.05, 3.63) is 35.4 Å². The second-order valence-electron chi connectivity index (χ2n) is 6.21. The van der Waals surface area contributed by atoms with Crippen molar-refractivity contribution in [1.29, 1.82) is 0 Å². The molecule has 1 aromatic rings. The van der Waals surface area contributed by atoms with E-state index >= 15 is 0 Å². The molecular formula is C18H24F3NO2. The Morgan fingerprint density at radius 1 is 1.21 bits per heavy atom. The number of rotatable bonds is 7. The van der Waals surface area contributed by atoms with E-state index in [0.717, 1.165) is 25.0 Å². The highest BCUT2D eigenvalue weighted by Crippen LogP contribution is 2.29. The molecule has 24 heavy (non-hydrogen) atoms. The molecule has 134 valence electrons. The van der Waals surface area contributed by atoms with Crippen LogP contribution in [0.1, 0.15) is 49.7 Å². The zero-order chi connectivity index (χ0) is 17.4. The van der Waals surface area contributed by atoms with Crippen LogP contribution < -0.4 is 5.32 Å². The smallest absolute Gasteiger partial charge is 0.378 e. The molecular weight excluding hydrogens is 319 g/mol. The summed E-state index contributed by atoms with van der Waals surface area (Å²) in [5.74, 6) is -0.271. The van der Waals surface area contributed by atoms with Crippen LogP contribution in [0.3, 0.4) is 0 Å². The van der Waals surface area contributed by atoms with Crippen LogP contribution in [0, 0.1) is 0 Å². The van der Waals surface area contributed by atoms with E-state index < -0.39 is 11.7 Å². The van der Waals surface area contributed by atoms with Crippen molar-refractivity contribution in [2.24, 2.45) is 0 Å². The molecule has 0 aromatic heterocycles. The monoisotopic (exact) mass is 343 g/mol. The van der Waals surface area contributed by atoms with Crippen molar-refractivity contribution >= 4 is 5.91 Å². The summed E-state index contributed by atoms with van der Waals surface area (Å²) in [5.41, 5.74) is -0.366. The van der Waals surface area contributed by atoms with E-state index in [4.69, 9.17) is 4.74 Å². The van der Waals surface area contributed by atoms with Gasteiger partial charge in [-0.1, -0.05) is 37.5 Å². The Kier molecular flexibility index (Phi) is 7.09. The number of hydrogen-bond acceptors (Lipinski definition) is 2. The SMILES string of the molecule is O=C(Cc1cccc(C(F)(F)F)c1)NCCCOC1CCCCC1. The van der Waals surface area contributed by atoms with Gasteiger partial charge in [-0.25, -0.2) is 0 Å². The molecule has 0 spiro atoms. The van der Waals surface area contributed by atoms with E-state index in [9.17, 15) is 18.0 Å². The lowest BCUT2D eigenvalue weighted by Gasteiger charge is -2.21. The van der Waals surface area contributed by atoms with Gasteiger partial charge in [0.1, 0.15) is 0 Å².